The molecule has 208 valence electrons. The molecule has 0 amide bonds. The minimum Gasteiger partial charge on any atom is -0.225 e. The van der Waals surface area contributed by atoms with Gasteiger partial charge in [0.05, 0.1) is 0 Å². The van der Waals surface area contributed by atoms with Crippen LogP contribution >= 0.6 is 0 Å². The number of hydrogen-bond acceptors (Lipinski definition) is 6. The minimum atomic E-state index is -2.21. The molecule has 6 nitrogen and oxygen atoms in total. The number of nitrogens with zero attached hydrogens (tertiary/aromatic N) is 6. The number of pyridine rings is 1. The molecule has 0 saturated heterocycles. The van der Waals surface area contributed by atoms with Crippen molar-refractivity contribution < 1.29 is 39.5 Å². The Kier molecular flexibility index (Phi) is 7.50. The van der Waals surface area contributed by atoms with Gasteiger partial charge in [0.15, 0.2) is 46.3 Å². The van der Waals surface area contributed by atoms with Gasteiger partial charge in [-0.05, 0) is 18.2 Å². The van der Waals surface area contributed by atoms with Gasteiger partial charge >= 0.3 is 0 Å². The van der Waals surface area contributed by atoms with Gasteiger partial charge in [-0.3, -0.25) is 0 Å². The molecule has 0 spiro atoms. The maximum atomic E-state index is 15.5. The highest BCUT2D eigenvalue weighted by molar-refractivity contribution is 5.98. The molecule has 0 bridgehead atoms. The summed E-state index contributed by atoms with van der Waals surface area (Å²) in [7, 11) is 0. The van der Waals surface area contributed by atoms with Crippen molar-refractivity contribution >= 4 is 0 Å². The highest BCUT2D eigenvalue weighted by atomic mass is 19.2. The minimum absolute atomic E-state index is 0.0458. The van der Waals surface area contributed by atoms with Gasteiger partial charge < -0.3 is 0 Å². The van der Waals surface area contributed by atoms with Crippen LogP contribution in [0.4, 0.5) is 39.5 Å². The van der Waals surface area contributed by atoms with E-state index in [0.29, 0.717) is 0 Å². The van der Waals surface area contributed by atoms with Crippen molar-refractivity contribution in [2.75, 3.05) is 0 Å². The van der Waals surface area contributed by atoms with Crippen LogP contribution in [0.15, 0.2) is 18.2 Å². The molecule has 0 fully saturated rings. The molecule has 1 aromatic heterocycles. The van der Waals surface area contributed by atoms with E-state index in [2.05, 4.69) is 4.98 Å². The fourth-order valence-electron chi connectivity index (χ4n) is 4.18. The average molecular weight is 594 g/mol. The Morgan fingerprint density at radius 3 is 0.930 bits per heavy atom. The zero-order valence-corrected chi connectivity index (χ0v) is 20.3. The molecule has 0 aliphatic carbocycles. The number of rotatable bonds is 3. The summed E-state index contributed by atoms with van der Waals surface area (Å²) >= 11 is 0. The van der Waals surface area contributed by atoms with Crippen LogP contribution in [0.1, 0.15) is 28.1 Å². The molecular formula is C28H3F9N6. The van der Waals surface area contributed by atoms with Gasteiger partial charge in [0.1, 0.15) is 64.5 Å². The molecule has 0 unspecified atom stereocenters. The monoisotopic (exact) mass is 594 g/mol. The van der Waals surface area contributed by atoms with Gasteiger partial charge in [-0.1, -0.05) is 0 Å². The van der Waals surface area contributed by atoms with E-state index < -0.39 is 114 Å². The van der Waals surface area contributed by atoms with Gasteiger partial charge in [0.25, 0.3) is 0 Å². The van der Waals surface area contributed by atoms with Crippen molar-refractivity contribution in [2.24, 2.45) is 0 Å². The molecule has 0 aliphatic rings. The third kappa shape index (κ3) is 4.41. The molecule has 43 heavy (non-hydrogen) atoms. The molecule has 0 atom stereocenters. The normalized spacial score (nSPS) is 10.3. The molecule has 15 heteroatoms. The van der Waals surface area contributed by atoms with Crippen LogP contribution in [0.25, 0.3) is 33.4 Å². The van der Waals surface area contributed by atoms with Gasteiger partial charge in [0.2, 0.25) is 0 Å². The van der Waals surface area contributed by atoms with E-state index in [9.17, 15) is 36.9 Å². The molecule has 0 aliphatic heterocycles. The number of hydrogen-bond donors (Lipinski definition) is 0. The first kappa shape index (κ1) is 29.6. The summed E-state index contributed by atoms with van der Waals surface area (Å²) in [5.41, 5.74) is -15.0. The Hall–Kier alpha value is -6.37. The lowest BCUT2D eigenvalue weighted by Gasteiger charge is -2.20. The summed E-state index contributed by atoms with van der Waals surface area (Å²) < 4.78 is 134. The summed E-state index contributed by atoms with van der Waals surface area (Å²) in [6.45, 7) is 0. The van der Waals surface area contributed by atoms with Crippen molar-refractivity contribution in [3.05, 3.63) is 98.6 Å². The molecule has 0 saturated carbocycles. The van der Waals surface area contributed by atoms with Crippen LogP contribution in [0, 0.1) is 109 Å². The van der Waals surface area contributed by atoms with Crippen molar-refractivity contribution in [3.8, 4) is 63.7 Å². The topological polar surface area (TPSA) is 132 Å². The highest BCUT2D eigenvalue weighted by Crippen LogP contribution is 2.47. The SMILES string of the molecule is N#Cc1nc(C#N)c(-c2cc(F)c(C#N)c(F)c2F)c(-c2cc(F)c(C#N)c(F)c2F)c1-c1cc(F)c(C#N)c(F)c1F. The first-order chi connectivity index (χ1) is 20.4. The van der Waals surface area contributed by atoms with Crippen molar-refractivity contribution in [1.29, 1.82) is 26.3 Å². The summed E-state index contributed by atoms with van der Waals surface area (Å²) in [6, 6.07) is 5.84. The lowest BCUT2D eigenvalue weighted by Crippen LogP contribution is -2.09. The fraction of sp³-hybridized carbons (Fsp3) is 0. The van der Waals surface area contributed by atoms with Crippen LogP contribution in [0.3, 0.4) is 0 Å². The quantitative estimate of drug-likeness (QED) is 0.192. The Morgan fingerprint density at radius 2 is 0.674 bits per heavy atom. The van der Waals surface area contributed by atoms with Crippen molar-refractivity contribution in [1.82, 2.24) is 4.98 Å². The van der Waals surface area contributed by atoms with Crippen LogP contribution in [0.2, 0.25) is 0 Å². The molecule has 3 aromatic carbocycles. The highest BCUT2D eigenvalue weighted by Gasteiger charge is 2.33. The lowest BCUT2D eigenvalue weighted by molar-refractivity contribution is 0.492. The summed E-state index contributed by atoms with van der Waals surface area (Å²) in [5, 5.41) is 46.4. The van der Waals surface area contributed by atoms with Crippen LogP contribution < -0.4 is 0 Å². The third-order valence-corrected chi connectivity index (χ3v) is 6.03. The van der Waals surface area contributed by atoms with Crippen molar-refractivity contribution in [2.45, 2.75) is 0 Å². The number of aromatic nitrogens is 1. The maximum absolute atomic E-state index is 15.5. The standard InChI is InChI=1S/C28H3F9N6/c29-15-1-9(23(32)26(35)12(15)4-38)20-18(7-41)43-19(8-42)21(10-2-16(30)13(5-39)27(36)24(10)33)22(20)11-3-17(31)14(6-40)28(37)25(11)34/h1-3H. The van der Waals surface area contributed by atoms with E-state index in [0.717, 1.165) is 18.2 Å². The Bertz CT molecular complexity index is 2030. The molecule has 4 aromatic rings. The van der Waals surface area contributed by atoms with E-state index in [4.69, 9.17) is 15.8 Å². The van der Waals surface area contributed by atoms with Crippen LogP contribution in [0.5, 0.6) is 0 Å². The lowest BCUT2D eigenvalue weighted by atomic mass is 9.84. The zero-order valence-electron chi connectivity index (χ0n) is 20.3. The van der Waals surface area contributed by atoms with Crippen LogP contribution in [-0.4, -0.2) is 4.98 Å². The molecular weight excluding hydrogens is 591 g/mol. The number of nitriles is 5. The molecule has 0 radical (unpaired) electrons. The van der Waals surface area contributed by atoms with E-state index in [1.807, 2.05) is 0 Å². The summed E-state index contributed by atoms with van der Waals surface area (Å²) in [6.07, 6.45) is 0. The fourth-order valence-corrected chi connectivity index (χ4v) is 4.18. The third-order valence-electron chi connectivity index (χ3n) is 6.03. The van der Waals surface area contributed by atoms with E-state index >= 15 is 13.2 Å². The number of halogens is 9. The Morgan fingerprint density at radius 1 is 0.395 bits per heavy atom. The molecule has 0 N–H and O–H groups in total. The van der Waals surface area contributed by atoms with Gasteiger partial charge in [-0.25, -0.2) is 44.5 Å². The zero-order chi connectivity index (χ0) is 31.9. The molecule has 4 rings (SSSR count). The second kappa shape index (κ2) is 10.9. The molecule has 1 heterocycles. The smallest absolute Gasteiger partial charge is 0.180 e. The van der Waals surface area contributed by atoms with Gasteiger partial charge in [-0.15, -0.1) is 0 Å². The summed E-state index contributed by atoms with van der Waals surface area (Å²) in [4.78, 5) is 3.51. The first-order valence-corrected chi connectivity index (χ1v) is 11.0. The van der Waals surface area contributed by atoms with E-state index in [1.54, 1.807) is 0 Å². The van der Waals surface area contributed by atoms with Gasteiger partial charge in [0, 0.05) is 33.4 Å². The first-order valence-electron chi connectivity index (χ1n) is 11.0. The second-order valence-electron chi connectivity index (χ2n) is 8.22. The maximum Gasteiger partial charge on any atom is 0.180 e. The van der Waals surface area contributed by atoms with Crippen LogP contribution in [-0.2, 0) is 0 Å². The second-order valence-corrected chi connectivity index (χ2v) is 8.22. The van der Waals surface area contributed by atoms with E-state index in [-0.39, 0.29) is 18.2 Å². The van der Waals surface area contributed by atoms with Gasteiger partial charge in [-0.2, -0.15) is 26.3 Å². The van der Waals surface area contributed by atoms with E-state index in [1.165, 1.54) is 12.1 Å². The Labute approximate surface area is 233 Å². The summed E-state index contributed by atoms with van der Waals surface area (Å²) in [5.74, 6) is -18.4. The number of benzene rings is 3. The largest absolute Gasteiger partial charge is 0.225 e. The van der Waals surface area contributed by atoms with Crippen molar-refractivity contribution in [3.63, 3.8) is 0 Å². The predicted octanol–water partition coefficient (Wildman–Crippen LogP) is 6.69. The predicted molar refractivity (Wildman–Crippen MR) is 124 cm³/mol. The Balaban J connectivity index is 2.43. The average Bonchev–Trinajstić information content (AvgIpc) is 2.98.